The zero-order valence-electron chi connectivity index (χ0n) is 13.2. The fraction of sp³-hybridized carbons (Fsp3) is 0.625. The Morgan fingerprint density at radius 1 is 1.36 bits per heavy atom. The maximum absolute atomic E-state index is 5.44. The molecule has 2 saturated heterocycles. The smallest absolute Gasteiger partial charge is 0.194 e. The van der Waals surface area contributed by atoms with Crippen LogP contribution in [0.4, 0.5) is 0 Å². The largest absolute Gasteiger partial charge is 0.379 e. The van der Waals surface area contributed by atoms with Gasteiger partial charge in [0.05, 0.1) is 25.5 Å². The summed E-state index contributed by atoms with van der Waals surface area (Å²) in [6, 6.07) is 6.60. The third-order valence-electron chi connectivity index (χ3n) is 4.39. The van der Waals surface area contributed by atoms with Crippen molar-refractivity contribution in [2.75, 3.05) is 46.4 Å². The molecule has 2 fully saturated rings. The molecule has 0 saturated carbocycles. The Balaban J connectivity index is 1.51. The first-order valence-corrected chi connectivity index (χ1v) is 8.04. The molecule has 6 nitrogen and oxygen atoms in total. The molecule has 0 aliphatic carbocycles. The molecule has 1 atom stereocenters. The minimum atomic E-state index is 0.623. The highest BCUT2D eigenvalue weighted by Crippen LogP contribution is 2.17. The van der Waals surface area contributed by atoms with Crippen molar-refractivity contribution in [2.24, 2.45) is 4.99 Å². The van der Waals surface area contributed by atoms with Gasteiger partial charge in [0.1, 0.15) is 0 Å². The van der Waals surface area contributed by atoms with Crippen LogP contribution in [-0.4, -0.2) is 73.2 Å². The summed E-state index contributed by atoms with van der Waals surface area (Å²) in [6.45, 7) is 6.65. The lowest BCUT2D eigenvalue weighted by atomic mass is 10.2. The van der Waals surface area contributed by atoms with Crippen LogP contribution in [0.5, 0.6) is 0 Å². The monoisotopic (exact) mass is 303 g/mol. The number of nitrogens with zero attached hydrogens (tertiary/aromatic N) is 4. The second-order valence-electron chi connectivity index (χ2n) is 5.76. The second kappa shape index (κ2) is 7.56. The Hall–Kier alpha value is -1.66. The number of rotatable bonds is 3. The van der Waals surface area contributed by atoms with Gasteiger partial charge in [-0.15, -0.1) is 0 Å². The molecule has 1 aromatic heterocycles. The molecule has 0 aromatic carbocycles. The van der Waals surface area contributed by atoms with Gasteiger partial charge < -0.3 is 15.0 Å². The highest BCUT2D eigenvalue weighted by atomic mass is 16.5. The van der Waals surface area contributed by atoms with Gasteiger partial charge in [0.25, 0.3) is 0 Å². The van der Waals surface area contributed by atoms with E-state index in [-0.39, 0.29) is 0 Å². The van der Waals surface area contributed by atoms with E-state index in [1.807, 2.05) is 31.4 Å². The van der Waals surface area contributed by atoms with Gasteiger partial charge in [-0.05, 0) is 18.6 Å². The standard InChI is InChI=1S/C16H25N5O/c1-17-16(19-12-14-4-2-3-6-18-14)21-7-5-15(13-21)20-8-10-22-11-9-20/h2-4,6,15H,5,7-13H2,1H3,(H,17,19). The molecule has 120 valence electrons. The molecular formula is C16H25N5O. The third kappa shape index (κ3) is 3.75. The fourth-order valence-electron chi connectivity index (χ4n) is 3.18. The van der Waals surface area contributed by atoms with Gasteiger partial charge in [0.2, 0.25) is 0 Å². The van der Waals surface area contributed by atoms with E-state index in [9.17, 15) is 0 Å². The van der Waals surface area contributed by atoms with Crippen molar-refractivity contribution in [3.8, 4) is 0 Å². The summed E-state index contributed by atoms with van der Waals surface area (Å²) >= 11 is 0. The number of hydrogen-bond donors (Lipinski definition) is 1. The summed E-state index contributed by atoms with van der Waals surface area (Å²) in [5.41, 5.74) is 1.03. The number of hydrogen-bond acceptors (Lipinski definition) is 4. The van der Waals surface area contributed by atoms with E-state index in [1.54, 1.807) is 0 Å². The van der Waals surface area contributed by atoms with Crippen LogP contribution in [0, 0.1) is 0 Å². The van der Waals surface area contributed by atoms with E-state index in [2.05, 4.69) is 25.1 Å². The first-order chi connectivity index (χ1) is 10.9. The van der Waals surface area contributed by atoms with Crippen LogP contribution in [0.15, 0.2) is 29.4 Å². The molecule has 22 heavy (non-hydrogen) atoms. The highest BCUT2D eigenvalue weighted by molar-refractivity contribution is 5.80. The Morgan fingerprint density at radius 3 is 2.95 bits per heavy atom. The van der Waals surface area contributed by atoms with Crippen LogP contribution in [-0.2, 0) is 11.3 Å². The number of nitrogens with one attached hydrogen (secondary N) is 1. The number of aliphatic imine (C=N–C) groups is 1. The van der Waals surface area contributed by atoms with E-state index >= 15 is 0 Å². The molecule has 0 amide bonds. The molecule has 1 N–H and O–H groups in total. The van der Waals surface area contributed by atoms with Crippen molar-refractivity contribution in [1.82, 2.24) is 20.1 Å². The first-order valence-electron chi connectivity index (χ1n) is 8.04. The van der Waals surface area contributed by atoms with Crippen molar-refractivity contribution < 1.29 is 4.74 Å². The van der Waals surface area contributed by atoms with Crippen LogP contribution in [0.1, 0.15) is 12.1 Å². The molecule has 2 aliphatic rings. The van der Waals surface area contributed by atoms with Crippen molar-refractivity contribution in [1.29, 1.82) is 0 Å². The number of likely N-dealkylation sites (tertiary alicyclic amines) is 1. The summed E-state index contributed by atoms with van der Waals surface area (Å²) in [7, 11) is 1.85. The van der Waals surface area contributed by atoms with Gasteiger partial charge in [-0.25, -0.2) is 0 Å². The maximum atomic E-state index is 5.44. The molecule has 1 unspecified atom stereocenters. The second-order valence-corrected chi connectivity index (χ2v) is 5.76. The van der Waals surface area contributed by atoms with Crippen molar-refractivity contribution >= 4 is 5.96 Å². The van der Waals surface area contributed by atoms with Crippen LogP contribution in [0.25, 0.3) is 0 Å². The van der Waals surface area contributed by atoms with E-state index in [4.69, 9.17) is 4.74 Å². The number of guanidine groups is 1. The highest BCUT2D eigenvalue weighted by Gasteiger charge is 2.30. The lowest BCUT2D eigenvalue weighted by Gasteiger charge is -2.32. The van der Waals surface area contributed by atoms with Gasteiger partial charge in [-0.1, -0.05) is 6.07 Å². The SMILES string of the molecule is CN=C(NCc1ccccn1)N1CCC(N2CCOCC2)C1. The average molecular weight is 303 g/mol. The van der Waals surface area contributed by atoms with Crippen LogP contribution in [0.2, 0.25) is 0 Å². The molecule has 1 aromatic rings. The minimum Gasteiger partial charge on any atom is -0.379 e. The van der Waals surface area contributed by atoms with E-state index in [0.717, 1.165) is 51.0 Å². The molecule has 3 heterocycles. The van der Waals surface area contributed by atoms with E-state index in [1.165, 1.54) is 6.42 Å². The van der Waals surface area contributed by atoms with Crippen molar-refractivity contribution in [2.45, 2.75) is 19.0 Å². The summed E-state index contributed by atoms with van der Waals surface area (Å²) in [6.07, 6.45) is 3.02. The van der Waals surface area contributed by atoms with Gasteiger partial charge in [-0.2, -0.15) is 0 Å². The molecule has 0 radical (unpaired) electrons. The topological polar surface area (TPSA) is 53.0 Å². The molecule has 6 heteroatoms. The molecule has 3 rings (SSSR count). The fourth-order valence-corrected chi connectivity index (χ4v) is 3.18. The molecule has 2 aliphatic heterocycles. The maximum Gasteiger partial charge on any atom is 0.194 e. The average Bonchev–Trinajstić information content (AvgIpc) is 3.07. The van der Waals surface area contributed by atoms with Gasteiger partial charge in [-0.3, -0.25) is 14.9 Å². The predicted molar refractivity (Wildman–Crippen MR) is 86.8 cm³/mol. The summed E-state index contributed by atoms with van der Waals surface area (Å²) in [5, 5.41) is 3.42. The Labute approximate surface area is 132 Å². The molecule has 0 spiro atoms. The van der Waals surface area contributed by atoms with Gasteiger partial charge >= 0.3 is 0 Å². The first kappa shape index (κ1) is 15.2. The van der Waals surface area contributed by atoms with Gasteiger partial charge in [0.15, 0.2) is 5.96 Å². The number of morpholine rings is 1. The minimum absolute atomic E-state index is 0.623. The zero-order chi connectivity index (χ0) is 15.2. The Morgan fingerprint density at radius 2 is 2.23 bits per heavy atom. The number of pyridine rings is 1. The Kier molecular flexibility index (Phi) is 5.24. The summed E-state index contributed by atoms with van der Waals surface area (Å²) in [5.74, 6) is 0.974. The predicted octanol–water partition coefficient (Wildman–Crippen LogP) is 0.564. The van der Waals surface area contributed by atoms with E-state index in [0.29, 0.717) is 12.6 Å². The number of aromatic nitrogens is 1. The molecular weight excluding hydrogens is 278 g/mol. The summed E-state index contributed by atoms with van der Waals surface area (Å²) < 4.78 is 5.44. The lowest BCUT2D eigenvalue weighted by molar-refractivity contribution is 0.0195. The van der Waals surface area contributed by atoms with Crippen LogP contribution in [0.3, 0.4) is 0 Å². The third-order valence-corrected chi connectivity index (χ3v) is 4.39. The normalized spacial score (nSPS) is 23.8. The van der Waals surface area contributed by atoms with Crippen molar-refractivity contribution in [3.63, 3.8) is 0 Å². The van der Waals surface area contributed by atoms with E-state index < -0.39 is 0 Å². The van der Waals surface area contributed by atoms with Crippen molar-refractivity contribution in [3.05, 3.63) is 30.1 Å². The van der Waals surface area contributed by atoms with Gasteiger partial charge in [0, 0.05) is 45.5 Å². The van der Waals surface area contributed by atoms with Crippen LogP contribution >= 0.6 is 0 Å². The Bertz CT molecular complexity index is 487. The zero-order valence-corrected chi connectivity index (χ0v) is 13.2. The molecule has 0 bridgehead atoms. The van der Waals surface area contributed by atoms with Crippen LogP contribution < -0.4 is 5.32 Å². The lowest BCUT2D eigenvalue weighted by Crippen LogP contribution is -2.46. The summed E-state index contributed by atoms with van der Waals surface area (Å²) in [4.78, 5) is 13.7. The quantitative estimate of drug-likeness (QED) is 0.653. The number of ether oxygens (including phenoxy) is 1.